The Morgan fingerprint density at radius 1 is 1.29 bits per heavy atom. The molecule has 1 fully saturated rings. The van der Waals surface area contributed by atoms with E-state index in [1.54, 1.807) is 12.1 Å². The number of nitrogens with one attached hydrogen (secondary N) is 1. The van der Waals surface area contributed by atoms with Gasteiger partial charge >= 0.3 is 0 Å². The van der Waals surface area contributed by atoms with E-state index in [1.165, 1.54) is 12.5 Å². The van der Waals surface area contributed by atoms with Crippen molar-refractivity contribution >= 4 is 12.4 Å². The summed E-state index contributed by atoms with van der Waals surface area (Å²) in [4.78, 5) is 2.41. The Bertz CT molecular complexity index is 338. The van der Waals surface area contributed by atoms with Crippen molar-refractivity contribution in [3.8, 4) is 0 Å². The minimum absolute atomic E-state index is 0. The zero-order chi connectivity index (χ0) is 11.4. The van der Waals surface area contributed by atoms with Crippen LogP contribution in [0.3, 0.4) is 0 Å². The van der Waals surface area contributed by atoms with Crippen LogP contribution in [0.2, 0.25) is 0 Å². The van der Waals surface area contributed by atoms with Gasteiger partial charge < -0.3 is 5.32 Å². The molecule has 0 saturated carbocycles. The number of hydrogen-bond donors (Lipinski definition) is 1. The van der Waals surface area contributed by atoms with Gasteiger partial charge in [0.1, 0.15) is 5.82 Å². The fraction of sp³-hybridized carbons (Fsp3) is 0.538. The van der Waals surface area contributed by atoms with Crippen LogP contribution < -0.4 is 5.32 Å². The number of rotatable bonds is 2. The van der Waals surface area contributed by atoms with Crippen LogP contribution in [0.25, 0.3) is 0 Å². The van der Waals surface area contributed by atoms with Crippen molar-refractivity contribution in [3.05, 3.63) is 35.6 Å². The van der Waals surface area contributed by atoms with Gasteiger partial charge in [-0.2, -0.15) is 0 Å². The SMILES string of the molecule is CC(c1cccc(F)c1)N1CCCNCC1.Cl. The molecule has 1 aromatic rings. The fourth-order valence-electron chi connectivity index (χ4n) is 2.23. The molecule has 4 heteroatoms. The summed E-state index contributed by atoms with van der Waals surface area (Å²) in [6.45, 7) is 6.40. The van der Waals surface area contributed by atoms with Gasteiger partial charge in [0.15, 0.2) is 0 Å². The molecule has 0 bridgehead atoms. The first kappa shape index (κ1) is 14.4. The Kier molecular flexibility index (Phi) is 5.89. The van der Waals surface area contributed by atoms with Crippen molar-refractivity contribution in [1.82, 2.24) is 10.2 Å². The molecule has 2 nitrogen and oxygen atoms in total. The minimum atomic E-state index is -0.141. The molecular formula is C13H20ClFN2. The van der Waals surface area contributed by atoms with Gasteiger partial charge in [0, 0.05) is 19.1 Å². The van der Waals surface area contributed by atoms with Gasteiger partial charge in [-0.05, 0) is 44.1 Å². The van der Waals surface area contributed by atoms with E-state index in [0.717, 1.165) is 31.7 Å². The molecule has 0 aromatic heterocycles. The third-order valence-corrected chi connectivity index (χ3v) is 3.25. The second-order valence-corrected chi connectivity index (χ2v) is 4.37. The number of hydrogen-bond acceptors (Lipinski definition) is 2. The molecule has 1 unspecified atom stereocenters. The third-order valence-electron chi connectivity index (χ3n) is 3.25. The standard InChI is InChI=1S/C13H19FN2.ClH/c1-11(12-4-2-5-13(14)10-12)16-8-3-6-15-7-9-16;/h2,4-5,10-11,15H,3,6-9H2,1H3;1H. The van der Waals surface area contributed by atoms with E-state index < -0.39 is 0 Å². The maximum absolute atomic E-state index is 13.1. The Balaban J connectivity index is 0.00000144. The lowest BCUT2D eigenvalue weighted by Gasteiger charge is -2.27. The highest BCUT2D eigenvalue weighted by molar-refractivity contribution is 5.85. The quantitative estimate of drug-likeness (QED) is 0.877. The van der Waals surface area contributed by atoms with Crippen LogP contribution in [0.5, 0.6) is 0 Å². The molecule has 1 saturated heterocycles. The van der Waals surface area contributed by atoms with Crippen LogP contribution in [0, 0.1) is 5.82 Å². The highest BCUT2D eigenvalue weighted by Gasteiger charge is 2.17. The molecule has 1 atom stereocenters. The Hall–Kier alpha value is -0.640. The molecule has 0 spiro atoms. The van der Waals surface area contributed by atoms with Crippen LogP contribution in [0.1, 0.15) is 24.9 Å². The van der Waals surface area contributed by atoms with Gasteiger partial charge in [0.25, 0.3) is 0 Å². The molecule has 1 aromatic carbocycles. The van der Waals surface area contributed by atoms with Crippen molar-refractivity contribution in [2.45, 2.75) is 19.4 Å². The first-order valence-electron chi connectivity index (χ1n) is 5.97. The maximum Gasteiger partial charge on any atom is 0.123 e. The smallest absolute Gasteiger partial charge is 0.123 e. The van der Waals surface area contributed by atoms with Crippen molar-refractivity contribution in [1.29, 1.82) is 0 Å². The van der Waals surface area contributed by atoms with Gasteiger partial charge in [0.2, 0.25) is 0 Å². The highest BCUT2D eigenvalue weighted by atomic mass is 35.5. The molecule has 0 aliphatic carbocycles. The van der Waals surface area contributed by atoms with Gasteiger partial charge in [-0.1, -0.05) is 12.1 Å². The molecule has 1 aliphatic heterocycles. The van der Waals surface area contributed by atoms with Crippen LogP contribution in [-0.4, -0.2) is 31.1 Å². The summed E-state index contributed by atoms with van der Waals surface area (Å²) in [5, 5.41) is 3.38. The molecule has 17 heavy (non-hydrogen) atoms. The van der Waals surface area contributed by atoms with Crippen LogP contribution >= 0.6 is 12.4 Å². The van der Waals surface area contributed by atoms with Gasteiger partial charge in [0.05, 0.1) is 0 Å². The zero-order valence-corrected chi connectivity index (χ0v) is 11.0. The molecule has 0 radical (unpaired) electrons. The third kappa shape index (κ3) is 3.95. The number of nitrogens with zero attached hydrogens (tertiary/aromatic N) is 1. The predicted octanol–water partition coefficient (Wildman–Crippen LogP) is 2.60. The summed E-state index contributed by atoms with van der Waals surface area (Å²) < 4.78 is 13.1. The van der Waals surface area contributed by atoms with Crippen molar-refractivity contribution in [2.75, 3.05) is 26.2 Å². The fourth-order valence-corrected chi connectivity index (χ4v) is 2.23. The average Bonchev–Trinajstić information content (AvgIpc) is 2.56. The van der Waals surface area contributed by atoms with E-state index in [0.29, 0.717) is 6.04 Å². The largest absolute Gasteiger partial charge is 0.315 e. The van der Waals surface area contributed by atoms with E-state index in [1.807, 2.05) is 6.07 Å². The van der Waals surface area contributed by atoms with Crippen LogP contribution in [0.4, 0.5) is 4.39 Å². The van der Waals surface area contributed by atoms with Gasteiger partial charge in [-0.25, -0.2) is 4.39 Å². The Morgan fingerprint density at radius 3 is 2.88 bits per heavy atom. The van der Waals surface area contributed by atoms with E-state index in [9.17, 15) is 4.39 Å². The topological polar surface area (TPSA) is 15.3 Å². The van der Waals surface area contributed by atoms with Crippen molar-refractivity contribution in [3.63, 3.8) is 0 Å². The lowest BCUT2D eigenvalue weighted by molar-refractivity contribution is 0.225. The van der Waals surface area contributed by atoms with Crippen molar-refractivity contribution in [2.24, 2.45) is 0 Å². The van der Waals surface area contributed by atoms with Gasteiger partial charge in [-0.3, -0.25) is 4.90 Å². The summed E-state index contributed by atoms with van der Waals surface area (Å²) in [6.07, 6.45) is 1.17. The molecule has 0 amide bonds. The summed E-state index contributed by atoms with van der Waals surface area (Å²) in [6, 6.07) is 7.24. The molecule has 1 aliphatic rings. The highest BCUT2D eigenvalue weighted by Crippen LogP contribution is 2.21. The molecule has 96 valence electrons. The Morgan fingerprint density at radius 2 is 2.12 bits per heavy atom. The van der Waals surface area contributed by atoms with Crippen molar-refractivity contribution < 1.29 is 4.39 Å². The van der Waals surface area contributed by atoms with E-state index in [4.69, 9.17) is 0 Å². The molecular weight excluding hydrogens is 239 g/mol. The number of halogens is 2. The van der Waals surface area contributed by atoms with E-state index in [-0.39, 0.29) is 18.2 Å². The normalized spacial score (nSPS) is 19.2. The first-order valence-corrected chi connectivity index (χ1v) is 5.97. The summed E-state index contributed by atoms with van der Waals surface area (Å²) in [5.41, 5.74) is 1.07. The summed E-state index contributed by atoms with van der Waals surface area (Å²) in [7, 11) is 0. The summed E-state index contributed by atoms with van der Waals surface area (Å²) >= 11 is 0. The molecule has 1 heterocycles. The first-order chi connectivity index (χ1) is 7.77. The molecule has 1 N–H and O–H groups in total. The van der Waals surface area contributed by atoms with E-state index in [2.05, 4.69) is 17.1 Å². The van der Waals surface area contributed by atoms with E-state index >= 15 is 0 Å². The second-order valence-electron chi connectivity index (χ2n) is 4.37. The average molecular weight is 259 g/mol. The maximum atomic E-state index is 13.1. The Labute approximate surface area is 109 Å². The monoisotopic (exact) mass is 258 g/mol. The lowest BCUT2D eigenvalue weighted by atomic mass is 10.1. The van der Waals surface area contributed by atoms with Crippen LogP contribution in [0.15, 0.2) is 24.3 Å². The number of benzene rings is 1. The lowest BCUT2D eigenvalue weighted by Crippen LogP contribution is -2.30. The van der Waals surface area contributed by atoms with Gasteiger partial charge in [-0.15, -0.1) is 12.4 Å². The molecule has 2 rings (SSSR count). The van der Waals surface area contributed by atoms with Crippen LogP contribution in [-0.2, 0) is 0 Å². The second kappa shape index (κ2) is 6.94. The zero-order valence-electron chi connectivity index (χ0n) is 10.2. The predicted molar refractivity (Wildman–Crippen MR) is 71.1 cm³/mol. The summed E-state index contributed by atoms with van der Waals surface area (Å²) in [5.74, 6) is -0.141. The minimum Gasteiger partial charge on any atom is -0.315 e.